The molecule has 0 saturated carbocycles. The maximum atomic E-state index is 12.2. The highest BCUT2D eigenvalue weighted by atomic mass is 79.9. The minimum absolute atomic E-state index is 0.0478. The molecule has 1 rings (SSSR count). The van der Waals surface area contributed by atoms with Crippen molar-refractivity contribution < 1.29 is 9.59 Å². The Labute approximate surface area is 115 Å². The minimum atomic E-state index is -0.253. The summed E-state index contributed by atoms with van der Waals surface area (Å²) in [5.74, 6) is -0.420. The molecule has 0 spiro atoms. The molecule has 5 nitrogen and oxygen atoms in total. The molecule has 6 heteroatoms. The Balaban J connectivity index is 2.80. The lowest BCUT2D eigenvalue weighted by molar-refractivity contribution is -0.121. The number of halogens is 1. The van der Waals surface area contributed by atoms with Crippen LogP contribution >= 0.6 is 15.9 Å². The van der Waals surface area contributed by atoms with Gasteiger partial charge in [0.2, 0.25) is 5.91 Å². The maximum Gasteiger partial charge on any atom is 0.274 e. The van der Waals surface area contributed by atoms with Crippen LogP contribution < -0.4 is 5.32 Å². The van der Waals surface area contributed by atoms with Crippen molar-refractivity contribution in [3.8, 4) is 0 Å². The number of amides is 2. The Kier molecular flexibility index (Phi) is 5.77. The minimum Gasteiger partial charge on any atom is -0.355 e. The number of nitrogens with one attached hydrogen (secondary N) is 1. The van der Waals surface area contributed by atoms with Gasteiger partial charge in [-0.1, -0.05) is 0 Å². The molecule has 0 saturated heterocycles. The van der Waals surface area contributed by atoms with E-state index in [9.17, 15) is 9.59 Å². The quantitative estimate of drug-likeness (QED) is 0.894. The van der Waals surface area contributed by atoms with Gasteiger partial charge in [0, 0.05) is 23.8 Å². The average molecular weight is 314 g/mol. The fourth-order valence-electron chi connectivity index (χ4n) is 1.45. The van der Waals surface area contributed by atoms with Crippen molar-refractivity contribution in [2.24, 2.45) is 0 Å². The number of hydrogen-bond donors (Lipinski definition) is 1. The lowest BCUT2D eigenvalue weighted by Crippen LogP contribution is -2.40. The van der Waals surface area contributed by atoms with E-state index < -0.39 is 0 Å². The highest BCUT2D eigenvalue weighted by Gasteiger charge is 2.20. The van der Waals surface area contributed by atoms with Crippen molar-refractivity contribution in [3.63, 3.8) is 0 Å². The van der Waals surface area contributed by atoms with E-state index in [2.05, 4.69) is 26.2 Å². The van der Waals surface area contributed by atoms with Crippen molar-refractivity contribution in [2.45, 2.75) is 13.8 Å². The summed E-state index contributed by atoms with van der Waals surface area (Å²) in [5, 5.41) is 2.67. The zero-order valence-electron chi connectivity index (χ0n) is 10.4. The van der Waals surface area contributed by atoms with Crippen LogP contribution in [-0.4, -0.2) is 41.3 Å². The van der Waals surface area contributed by atoms with E-state index in [-0.39, 0.29) is 18.4 Å². The molecular weight excluding hydrogens is 298 g/mol. The SMILES string of the molecule is CCNC(=O)CN(CC)C(=O)c1ncccc1Br. The smallest absolute Gasteiger partial charge is 0.274 e. The molecular formula is C12H16BrN3O2. The lowest BCUT2D eigenvalue weighted by atomic mass is 10.3. The van der Waals surface area contributed by atoms with E-state index in [1.165, 1.54) is 4.90 Å². The molecule has 1 aromatic heterocycles. The van der Waals surface area contributed by atoms with Crippen molar-refractivity contribution in [3.05, 3.63) is 28.5 Å². The number of carbonyl (C=O) groups is 2. The van der Waals surface area contributed by atoms with Gasteiger partial charge < -0.3 is 10.2 Å². The van der Waals surface area contributed by atoms with Crippen LogP contribution in [0.2, 0.25) is 0 Å². The molecule has 0 aliphatic carbocycles. The molecule has 0 unspecified atom stereocenters. The first-order valence-electron chi connectivity index (χ1n) is 5.76. The number of pyridine rings is 1. The lowest BCUT2D eigenvalue weighted by Gasteiger charge is -2.20. The molecule has 18 heavy (non-hydrogen) atoms. The normalized spacial score (nSPS) is 9.94. The Bertz CT molecular complexity index is 437. The van der Waals surface area contributed by atoms with Crippen LogP contribution in [0.1, 0.15) is 24.3 Å². The zero-order chi connectivity index (χ0) is 13.5. The average Bonchev–Trinajstić information content (AvgIpc) is 2.36. The van der Waals surface area contributed by atoms with Gasteiger partial charge >= 0.3 is 0 Å². The Morgan fingerprint density at radius 2 is 2.17 bits per heavy atom. The van der Waals surface area contributed by atoms with Crippen LogP contribution in [-0.2, 0) is 4.79 Å². The van der Waals surface area contributed by atoms with Gasteiger partial charge in [0.25, 0.3) is 5.91 Å². The van der Waals surface area contributed by atoms with Gasteiger partial charge in [-0.2, -0.15) is 0 Å². The standard InChI is InChI=1S/C12H16BrN3O2/c1-3-14-10(17)8-16(4-2)12(18)11-9(13)6-5-7-15-11/h5-7H,3-4,8H2,1-2H3,(H,14,17). The fourth-order valence-corrected chi connectivity index (χ4v) is 1.87. The van der Waals surface area contributed by atoms with E-state index in [0.29, 0.717) is 23.3 Å². The topological polar surface area (TPSA) is 62.3 Å². The van der Waals surface area contributed by atoms with Crippen LogP contribution in [0.4, 0.5) is 0 Å². The van der Waals surface area contributed by atoms with Crippen molar-refractivity contribution in [2.75, 3.05) is 19.6 Å². The summed E-state index contributed by atoms with van der Waals surface area (Å²) in [6, 6.07) is 3.49. The molecule has 2 amide bonds. The number of likely N-dealkylation sites (N-methyl/N-ethyl adjacent to an activating group) is 2. The van der Waals surface area contributed by atoms with Gasteiger partial charge in [-0.25, -0.2) is 4.98 Å². The first-order chi connectivity index (χ1) is 8.60. The summed E-state index contributed by atoms with van der Waals surface area (Å²) in [6.45, 7) is 4.72. The van der Waals surface area contributed by atoms with Gasteiger partial charge in [0.1, 0.15) is 5.69 Å². The molecule has 0 aromatic carbocycles. The van der Waals surface area contributed by atoms with Crippen LogP contribution in [0, 0.1) is 0 Å². The number of hydrogen-bond acceptors (Lipinski definition) is 3. The Morgan fingerprint density at radius 3 is 2.72 bits per heavy atom. The van der Waals surface area contributed by atoms with E-state index in [1.807, 2.05) is 13.8 Å². The van der Waals surface area contributed by atoms with Gasteiger partial charge in [-0.15, -0.1) is 0 Å². The summed E-state index contributed by atoms with van der Waals surface area (Å²) >= 11 is 3.28. The van der Waals surface area contributed by atoms with Gasteiger partial charge in [-0.05, 0) is 41.9 Å². The third-order valence-electron chi connectivity index (χ3n) is 2.34. The number of rotatable bonds is 5. The molecule has 0 atom stereocenters. The number of aromatic nitrogens is 1. The summed E-state index contributed by atoms with van der Waals surface area (Å²) < 4.78 is 0.629. The van der Waals surface area contributed by atoms with Crippen LogP contribution in [0.15, 0.2) is 22.8 Å². The van der Waals surface area contributed by atoms with Crippen molar-refractivity contribution in [1.82, 2.24) is 15.2 Å². The molecule has 1 N–H and O–H groups in total. The second kappa shape index (κ2) is 7.10. The first-order valence-corrected chi connectivity index (χ1v) is 6.55. The van der Waals surface area contributed by atoms with Gasteiger partial charge in [0.15, 0.2) is 0 Å². The monoisotopic (exact) mass is 313 g/mol. The second-order valence-corrected chi connectivity index (χ2v) is 4.46. The molecule has 1 heterocycles. The predicted molar refractivity (Wildman–Crippen MR) is 72.2 cm³/mol. The molecule has 0 bridgehead atoms. The third kappa shape index (κ3) is 3.80. The molecule has 0 aliphatic rings. The zero-order valence-corrected chi connectivity index (χ0v) is 12.0. The molecule has 0 aliphatic heterocycles. The van der Waals surface area contributed by atoms with E-state index in [1.54, 1.807) is 18.3 Å². The summed E-state index contributed by atoms with van der Waals surface area (Å²) in [4.78, 5) is 29.2. The first kappa shape index (κ1) is 14.6. The largest absolute Gasteiger partial charge is 0.355 e. The predicted octanol–water partition coefficient (Wildman–Crippen LogP) is 1.44. The summed E-state index contributed by atoms with van der Waals surface area (Å²) in [6.07, 6.45) is 1.55. The van der Waals surface area contributed by atoms with Gasteiger partial charge in [-0.3, -0.25) is 9.59 Å². The Morgan fingerprint density at radius 1 is 1.44 bits per heavy atom. The molecule has 0 radical (unpaired) electrons. The fraction of sp³-hybridized carbons (Fsp3) is 0.417. The van der Waals surface area contributed by atoms with Crippen molar-refractivity contribution in [1.29, 1.82) is 0 Å². The van der Waals surface area contributed by atoms with E-state index in [4.69, 9.17) is 0 Å². The van der Waals surface area contributed by atoms with E-state index in [0.717, 1.165) is 0 Å². The maximum absolute atomic E-state index is 12.2. The van der Waals surface area contributed by atoms with Crippen LogP contribution in [0.3, 0.4) is 0 Å². The molecule has 1 aromatic rings. The Hall–Kier alpha value is -1.43. The molecule has 98 valence electrons. The van der Waals surface area contributed by atoms with Crippen molar-refractivity contribution >= 4 is 27.7 Å². The molecule has 0 fully saturated rings. The highest BCUT2D eigenvalue weighted by molar-refractivity contribution is 9.10. The second-order valence-electron chi connectivity index (χ2n) is 3.61. The number of carbonyl (C=O) groups excluding carboxylic acids is 2. The van der Waals surface area contributed by atoms with E-state index >= 15 is 0 Å². The third-order valence-corrected chi connectivity index (χ3v) is 2.98. The van der Waals surface area contributed by atoms with Crippen LogP contribution in [0.25, 0.3) is 0 Å². The number of nitrogens with zero attached hydrogens (tertiary/aromatic N) is 2. The van der Waals surface area contributed by atoms with Gasteiger partial charge in [0.05, 0.1) is 6.54 Å². The summed E-state index contributed by atoms with van der Waals surface area (Å²) in [5.41, 5.74) is 0.323. The summed E-state index contributed by atoms with van der Waals surface area (Å²) in [7, 11) is 0. The van der Waals surface area contributed by atoms with Crippen LogP contribution in [0.5, 0.6) is 0 Å². The highest BCUT2D eigenvalue weighted by Crippen LogP contribution is 2.15.